The summed E-state index contributed by atoms with van der Waals surface area (Å²) in [5, 5.41) is 14.9. The normalized spacial score (nSPS) is 23.8. The highest BCUT2D eigenvalue weighted by Gasteiger charge is 2.21. The van der Waals surface area contributed by atoms with E-state index < -0.39 is 11.6 Å². The van der Waals surface area contributed by atoms with Crippen molar-refractivity contribution < 1.29 is 13.9 Å². The molecule has 18 heavy (non-hydrogen) atoms. The number of rotatable bonds is 3. The molecule has 0 radical (unpaired) electrons. The van der Waals surface area contributed by atoms with Gasteiger partial charge in [-0.05, 0) is 25.7 Å². The predicted molar refractivity (Wildman–Crippen MR) is 65.6 cm³/mol. The number of nitrogens with zero attached hydrogens (tertiary/aromatic N) is 1. The Morgan fingerprint density at radius 3 is 2.39 bits per heavy atom. The molecule has 0 aliphatic heterocycles. The number of hydrogen-bond donors (Lipinski definition) is 3. The van der Waals surface area contributed by atoms with Crippen LogP contribution in [0.15, 0.2) is 6.07 Å². The number of anilines is 2. The van der Waals surface area contributed by atoms with Gasteiger partial charge in [0.2, 0.25) is 0 Å². The van der Waals surface area contributed by atoms with E-state index in [1.165, 1.54) is 7.05 Å². The second-order valence-electron chi connectivity index (χ2n) is 4.55. The van der Waals surface area contributed by atoms with Gasteiger partial charge in [0.1, 0.15) is 0 Å². The average molecular weight is 257 g/mol. The first-order valence-corrected chi connectivity index (χ1v) is 6.08. The fraction of sp³-hybridized carbons (Fsp3) is 0.583. The van der Waals surface area contributed by atoms with Crippen LogP contribution in [0.3, 0.4) is 0 Å². The highest BCUT2D eigenvalue weighted by molar-refractivity contribution is 5.47. The molecule has 2 rings (SSSR count). The van der Waals surface area contributed by atoms with E-state index in [9.17, 15) is 13.9 Å². The molecular weight excluding hydrogens is 240 g/mol. The Kier molecular flexibility index (Phi) is 3.96. The third-order valence-corrected chi connectivity index (χ3v) is 3.20. The first-order valence-electron chi connectivity index (χ1n) is 6.08. The van der Waals surface area contributed by atoms with Gasteiger partial charge in [-0.3, -0.25) is 0 Å². The number of nitrogens with one attached hydrogen (secondary N) is 2. The summed E-state index contributed by atoms with van der Waals surface area (Å²) in [6.07, 6.45) is 2.64. The maximum Gasteiger partial charge on any atom is 0.168 e. The van der Waals surface area contributed by atoms with E-state index in [1.54, 1.807) is 0 Å². The summed E-state index contributed by atoms with van der Waals surface area (Å²) in [4.78, 5) is 3.87. The van der Waals surface area contributed by atoms with Crippen LogP contribution in [0, 0.1) is 11.6 Å². The molecule has 1 aliphatic rings. The van der Waals surface area contributed by atoms with Crippen LogP contribution in [0.1, 0.15) is 25.7 Å². The number of halogens is 2. The van der Waals surface area contributed by atoms with Crippen LogP contribution in [0.4, 0.5) is 20.4 Å². The molecule has 1 saturated carbocycles. The van der Waals surface area contributed by atoms with E-state index in [0.717, 1.165) is 18.9 Å². The molecule has 1 heterocycles. The molecule has 0 aromatic carbocycles. The molecule has 4 nitrogen and oxygen atoms in total. The van der Waals surface area contributed by atoms with Crippen LogP contribution in [-0.2, 0) is 0 Å². The molecule has 0 saturated heterocycles. The van der Waals surface area contributed by atoms with Crippen molar-refractivity contribution in [2.24, 2.45) is 0 Å². The van der Waals surface area contributed by atoms with Crippen molar-refractivity contribution in [3.05, 3.63) is 17.7 Å². The lowest BCUT2D eigenvalue weighted by Crippen LogP contribution is -2.29. The standard InChI is InChI=1S/C12H17F2N3O/c1-15-11-9(13)6-10(14)12(17-11)16-7-2-4-8(18)5-3-7/h6-8,18H,2-5H2,1H3,(H2,15,16,17). The lowest BCUT2D eigenvalue weighted by atomic mass is 9.93. The van der Waals surface area contributed by atoms with Gasteiger partial charge in [-0.25, -0.2) is 13.8 Å². The van der Waals surface area contributed by atoms with Gasteiger partial charge in [-0.2, -0.15) is 0 Å². The zero-order chi connectivity index (χ0) is 13.1. The summed E-state index contributed by atoms with van der Waals surface area (Å²) in [5.41, 5.74) is 0. The fourth-order valence-electron chi connectivity index (χ4n) is 2.16. The second kappa shape index (κ2) is 5.48. The SMILES string of the molecule is CNc1nc(NC2CCC(O)CC2)c(F)cc1F. The Labute approximate surface area is 104 Å². The zero-order valence-electron chi connectivity index (χ0n) is 10.2. The molecular formula is C12H17F2N3O. The summed E-state index contributed by atoms with van der Waals surface area (Å²) in [6, 6.07) is 0.893. The highest BCUT2D eigenvalue weighted by atomic mass is 19.1. The molecule has 0 unspecified atom stereocenters. The molecule has 0 amide bonds. The largest absolute Gasteiger partial charge is 0.393 e. The minimum Gasteiger partial charge on any atom is -0.393 e. The summed E-state index contributed by atoms with van der Waals surface area (Å²) >= 11 is 0. The van der Waals surface area contributed by atoms with Crippen LogP contribution in [0.2, 0.25) is 0 Å². The molecule has 100 valence electrons. The third kappa shape index (κ3) is 2.87. The van der Waals surface area contributed by atoms with E-state index in [0.29, 0.717) is 12.8 Å². The lowest BCUT2D eigenvalue weighted by Gasteiger charge is -2.26. The van der Waals surface area contributed by atoms with Crippen LogP contribution in [0.25, 0.3) is 0 Å². The topological polar surface area (TPSA) is 57.2 Å². The van der Waals surface area contributed by atoms with Gasteiger partial charge >= 0.3 is 0 Å². The van der Waals surface area contributed by atoms with Crippen molar-refractivity contribution >= 4 is 11.6 Å². The van der Waals surface area contributed by atoms with E-state index in [4.69, 9.17) is 0 Å². The third-order valence-electron chi connectivity index (χ3n) is 3.20. The maximum absolute atomic E-state index is 13.6. The molecule has 6 heteroatoms. The van der Waals surface area contributed by atoms with Gasteiger partial charge in [0.15, 0.2) is 23.3 Å². The number of pyridine rings is 1. The Morgan fingerprint density at radius 1 is 1.17 bits per heavy atom. The highest BCUT2D eigenvalue weighted by Crippen LogP contribution is 2.24. The Hall–Kier alpha value is -1.43. The molecule has 1 aromatic heterocycles. The van der Waals surface area contributed by atoms with E-state index in [2.05, 4.69) is 15.6 Å². The average Bonchev–Trinajstić information content (AvgIpc) is 2.35. The summed E-state index contributed by atoms with van der Waals surface area (Å²) in [5.74, 6) is -1.32. The number of hydrogen-bond acceptors (Lipinski definition) is 4. The van der Waals surface area contributed by atoms with Crippen molar-refractivity contribution in [2.45, 2.75) is 37.8 Å². The van der Waals surface area contributed by atoms with E-state index in [-0.39, 0.29) is 23.8 Å². The monoisotopic (exact) mass is 257 g/mol. The van der Waals surface area contributed by atoms with Crippen molar-refractivity contribution in [3.8, 4) is 0 Å². The van der Waals surface area contributed by atoms with Crippen molar-refractivity contribution in [1.29, 1.82) is 0 Å². The maximum atomic E-state index is 13.6. The van der Waals surface area contributed by atoms with Crippen molar-refractivity contribution in [3.63, 3.8) is 0 Å². The van der Waals surface area contributed by atoms with Crippen LogP contribution in [-0.4, -0.2) is 29.3 Å². The van der Waals surface area contributed by atoms with Gasteiger partial charge in [-0.15, -0.1) is 0 Å². The van der Waals surface area contributed by atoms with Crippen LogP contribution in [0.5, 0.6) is 0 Å². The van der Waals surface area contributed by atoms with E-state index >= 15 is 0 Å². The Morgan fingerprint density at radius 2 is 1.78 bits per heavy atom. The molecule has 0 spiro atoms. The zero-order valence-corrected chi connectivity index (χ0v) is 10.2. The predicted octanol–water partition coefficient (Wildman–Crippen LogP) is 2.12. The molecule has 0 atom stereocenters. The van der Waals surface area contributed by atoms with Gasteiger partial charge in [0.25, 0.3) is 0 Å². The van der Waals surface area contributed by atoms with Gasteiger partial charge in [0.05, 0.1) is 6.10 Å². The van der Waals surface area contributed by atoms with Crippen LogP contribution < -0.4 is 10.6 Å². The quantitative estimate of drug-likeness (QED) is 0.776. The molecule has 3 N–H and O–H groups in total. The number of aromatic nitrogens is 1. The van der Waals surface area contributed by atoms with Gasteiger partial charge < -0.3 is 15.7 Å². The first-order chi connectivity index (χ1) is 8.60. The summed E-state index contributed by atoms with van der Waals surface area (Å²) in [7, 11) is 1.53. The summed E-state index contributed by atoms with van der Waals surface area (Å²) in [6.45, 7) is 0. The fourth-order valence-corrected chi connectivity index (χ4v) is 2.16. The minimum atomic E-state index is -0.709. The molecule has 1 fully saturated rings. The molecule has 1 aliphatic carbocycles. The molecule has 1 aromatic rings. The van der Waals surface area contributed by atoms with Crippen LogP contribution >= 0.6 is 0 Å². The number of aliphatic hydroxyl groups excluding tert-OH is 1. The summed E-state index contributed by atoms with van der Waals surface area (Å²) < 4.78 is 26.8. The van der Waals surface area contributed by atoms with Gasteiger partial charge in [-0.1, -0.05) is 0 Å². The minimum absolute atomic E-state index is 0.0229. The smallest absolute Gasteiger partial charge is 0.168 e. The Balaban J connectivity index is 2.09. The number of aliphatic hydroxyl groups is 1. The lowest BCUT2D eigenvalue weighted by molar-refractivity contribution is 0.126. The van der Waals surface area contributed by atoms with Gasteiger partial charge in [0, 0.05) is 19.2 Å². The first kappa shape index (κ1) is 13.0. The van der Waals surface area contributed by atoms with Crippen molar-refractivity contribution in [1.82, 2.24) is 4.98 Å². The van der Waals surface area contributed by atoms with E-state index in [1.807, 2.05) is 0 Å². The Bertz CT molecular complexity index is 420. The molecule has 0 bridgehead atoms. The second-order valence-corrected chi connectivity index (χ2v) is 4.55. The van der Waals surface area contributed by atoms with Crippen molar-refractivity contribution in [2.75, 3.05) is 17.7 Å².